The number of carbonyl (C=O) groups excluding carboxylic acids is 2. The predicted molar refractivity (Wildman–Crippen MR) is 124 cm³/mol. The van der Waals surface area contributed by atoms with Gasteiger partial charge in [-0.05, 0) is 61.9 Å². The van der Waals surface area contributed by atoms with E-state index in [1.807, 2.05) is 73.1 Å². The Morgan fingerprint density at radius 2 is 1.58 bits per heavy atom. The van der Waals surface area contributed by atoms with Gasteiger partial charge in [-0.1, -0.05) is 42.5 Å². The molecule has 0 radical (unpaired) electrons. The molecule has 1 saturated heterocycles. The quantitative estimate of drug-likeness (QED) is 0.429. The number of carbonyl (C=O) groups is 2. The molecule has 166 valence electrons. The van der Waals surface area contributed by atoms with Gasteiger partial charge in [0.1, 0.15) is 11.5 Å². The normalized spacial score (nSPS) is 25.2. The van der Waals surface area contributed by atoms with Crippen LogP contribution in [0.2, 0.25) is 0 Å². The number of imide groups is 1. The fraction of sp³-hybridized carbons (Fsp3) is 0.296. The van der Waals surface area contributed by atoms with Crippen LogP contribution in [0.15, 0.2) is 66.7 Å². The van der Waals surface area contributed by atoms with Crippen LogP contribution in [0.3, 0.4) is 0 Å². The maximum absolute atomic E-state index is 13.3. The summed E-state index contributed by atoms with van der Waals surface area (Å²) in [5.74, 6) is 1.39. The molecule has 2 fully saturated rings. The summed E-state index contributed by atoms with van der Waals surface area (Å²) in [5.41, 5.74) is 3.20. The average molecular weight is 440 g/mol. The van der Waals surface area contributed by atoms with Crippen LogP contribution in [-0.4, -0.2) is 21.6 Å². The molecule has 2 heterocycles. The van der Waals surface area contributed by atoms with E-state index in [1.54, 1.807) is 0 Å². The highest BCUT2D eigenvalue weighted by Gasteiger charge is 2.60. The minimum absolute atomic E-state index is 0.0640. The van der Waals surface area contributed by atoms with Crippen LogP contribution in [0.25, 0.3) is 0 Å². The van der Waals surface area contributed by atoms with E-state index in [4.69, 9.17) is 9.84 Å². The zero-order chi connectivity index (χ0) is 22.7. The number of ether oxygens (including phenoxy) is 1. The highest BCUT2D eigenvalue weighted by atomic mass is 16.5. The van der Waals surface area contributed by atoms with Crippen molar-refractivity contribution in [2.45, 2.75) is 26.8 Å². The SMILES string of the molecule is Cc1nn(Cc2cccc(Oc3ccccc3)c2)c(C)c1N1C(=O)[C@@H]2[C@H](C1=O)[C@@H]1C=C[C@H]2C1. The second-order valence-electron chi connectivity index (χ2n) is 9.25. The summed E-state index contributed by atoms with van der Waals surface area (Å²) >= 11 is 0. The van der Waals surface area contributed by atoms with Crippen molar-refractivity contribution in [3.8, 4) is 11.5 Å². The van der Waals surface area contributed by atoms with Crippen LogP contribution < -0.4 is 9.64 Å². The van der Waals surface area contributed by atoms with E-state index in [1.165, 1.54) is 4.90 Å². The largest absolute Gasteiger partial charge is 0.457 e. The molecule has 33 heavy (non-hydrogen) atoms. The molecule has 2 amide bonds. The van der Waals surface area contributed by atoms with Gasteiger partial charge in [-0.15, -0.1) is 0 Å². The first-order valence-corrected chi connectivity index (χ1v) is 11.4. The number of hydrogen-bond acceptors (Lipinski definition) is 4. The van der Waals surface area contributed by atoms with E-state index in [9.17, 15) is 9.59 Å². The average Bonchev–Trinajstić information content (AvgIpc) is 3.54. The summed E-state index contributed by atoms with van der Waals surface area (Å²) in [6.07, 6.45) is 5.17. The third kappa shape index (κ3) is 3.12. The third-order valence-electron chi connectivity index (χ3n) is 7.25. The zero-order valence-electron chi connectivity index (χ0n) is 18.6. The Balaban J connectivity index is 1.27. The van der Waals surface area contributed by atoms with Gasteiger partial charge in [-0.25, -0.2) is 4.90 Å². The second kappa shape index (κ2) is 7.44. The molecule has 3 aliphatic rings. The van der Waals surface area contributed by atoms with Crippen molar-refractivity contribution >= 4 is 17.5 Å². The number of para-hydroxylation sites is 1. The molecular formula is C27H25N3O3. The monoisotopic (exact) mass is 439 g/mol. The van der Waals surface area contributed by atoms with Crippen molar-refractivity contribution in [2.75, 3.05) is 4.90 Å². The van der Waals surface area contributed by atoms with Gasteiger partial charge in [-0.3, -0.25) is 14.3 Å². The van der Waals surface area contributed by atoms with E-state index in [0.717, 1.165) is 29.2 Å². The number of rotatable bonds is 5. The van der Waals surface area contributed by atoms with Crippen molar-refractivity contribution < 1.29 is 14.3 Å². The highest BCUT2D eigenvalue weighted by Crippen LogP contribution is 2.53. The molecule has 0 spiro atoms. The van der Waals surface area contributed by atoms with Gasteiger partial charge in [-0.2, -0.15) is 5.10 Å². The molecule has 6 rings (SSSR count). The molecule has 1 aromatic heterocycles. The number of anilines is 1. The lowest BCUT2D eigenvalue weighted by atomic mass is 9.85. The fourth-order valence-corrected chi connectivity index (χ4v) is 5.79. The molecular weight excluding hydrogens is 414 g/mol. The molecule has 6 nitrogen and oxygen atoms in total. The fourth-order valence-electron chi connectivity index (χ4n) is 5.79. The Morgan fingerprint density at radius 3 is 2.27 bits per heavy atom. The maximum Gasteiger partial charge on any atom is 0.238 e. The number of benzene rings is 2. The summed E-state index contributed by atoms with van der Waals surface area (Å²) in [6.45, 7) is 4.32. The lowest BCUT2D eigenvalue weighted by Gasteiger charge is -2.18. The maximum atomic E-state index is 13.3. The van der Waals surface area contributed by atoms with Crippen LogP contribution >= 0.6 is 0 Å². The molecule has 0 N–H and O–H groups in total. The third-order valence-corrected chi connectivity index (χ3v) is 7.25. The topological polar surface area (TPSA) is 64.4 Å². The molecule has 2 aliphatic carbocycles. The Morgan fingerprint density at radius 1 is 0.909 bits per heavy atom. The number of aromatic nitrogens is 2. The van der Waals surface area contributed by atoms with Crippen molar-refractivity contribution in [1.29, 1.82) is 0 Å². The number of hydrogen-bond donors (Lipinski definition) is 0. The number of amides is 2. The molecule has 2 aromatic carbocycles. The summed E-state index contributed by atoms with van der Waals surface area (Å²) in [5, 5.41) is 4.69. The minimum Gasteiger partial charge on any atom is -0.457 e. The zero-order valence-corrected chi connectivity index (χ0v) is 18.6. The Kier molecular flexibility index (Phi) is 4.50. The first-order chi connectivity index (χ1) is 16.0. The van der Waals surface area contributed by atoms with E-state index in [-0.39, 0.29) is 35.5 Å². The molecule has 6 heteroatoms. The standard InChI is InChI=1S/C27H25N3O3/c1-16-25(30-26(31)23-19-11-12-20(14-19)24(23)27(30)32)17(2)29(28-16)15-18-7-6-10-22(13-18)33-21-8-4-3-5-9-21/h3-13,19-20,23-24H,14-15H2,1-2H3/t19-,20+,23-,24+. The molecule has 0 unspecified atom stereocenters. The van der Waals surface area contributed by atoms with Gasteiger partial charge in [0.2, 0.25) is 11.8 Å². The molecule has 4 atom stereocenters. The summed E-state index contributed by atoms with van der Waals surface area (Å²) < 4.78 is 7.83. The van der Waals surface area contributed by atoms with Crippen molar-refractivity contribution in [3.63, 3.8) is 0 Å². The lowest BCUT2D eigenvalue weighted by molar-refractivity contribution is -0.123. The second-order valence-corrected chi connectivity index (χ2v) is 9.25. The first-order valence-electron chi connectivity index (χ1n) is 11.4. The molecule has 2 bridgehead atoms. The Labute approximate surface area is 192 Å². The van der Waals surface area contributed by atoms with Crippen LogP contribution in [0.5, 0.6) is 11.5 Å². The Hall–Kier alpha value is -3.67. The first kappa shape index (κ1) is 20.0. The van der Waals surface area contributed by atoms with Crippen LogP contribution in [-0.2, 0) is 16.1 Å². The number of aryl methyl sites for hydroxylation is 1. The van der Waals surface area contributed by atoms with Crippen molar-refractivity contribution in [1.82, 2.24) is 9.78 Å². The smallest absolute Gasteiger partial charge is 0.238 e. The predicted octanol–water partition coefficient (Wildman–Crippen LogP) is 4.65. The number of fused-ring (bicyclic) bond motifs is 5. The van der Waals surface area contributed by atoms with E-state index in [0.29, 0.717) is 17.9 Å². The summed E-state index contributed by atoms with van der Waals surface area (Å²) in [6, 6.07) is 17.6. The van der Waals surface area contributed by atoms with Crippen molar-refractivity contribution in [3.05, 3.63) is 83.7 Å². The number of nitrogens with zero attached hydrogens (tertiary/aromatic N) is 3. The van der Waals surface area contributed by atoms with Crippen LogP contribution in [0.1, 0.15) is 23.4 Å². The van der Waals surface area contributed by atoms with E-state index >= 15 is 0 Å². The molecule has 1 saturated carbocycles. The van der Waals surface area contributed by atoms with Crippen molar-refractivity contribution in [2.24, 2.45) is 23.7 Å². The van der Waals surface area contributed by atoms with Crippen LogP contribution in [0, 0.1) is 37.5 Å². The van der Waals surface area contributed by atoms with Gasteiger partial charge in [0.25, 0.3) is 0 Å². The Bertz CT molecular complexity index is 1260. The van der Waals surface area contributed by atoms with E-state index < -0.39 is 0 Å². The van der Waals surface area contributed by atoms with E-state index in [2.05, 4.69) is 12.2 Å². The summed E-state index contributed by atoms with van der Waals surface area (Å²) in [4.78, 5) is 28.0. The molecule has 1 aliphatic heterocycles. The van der Waals surface area contributed by atoms with Gasteiger partial charge < -0.3 is 4.74 Å². The van der Waals surface area contributed by atoms with Crippen LogP contribution in [0.4, 0.5) is 5.69 Å². The molecule has 3 aromatic rings. The highest BCUT2D eigenvalue weighted by molar-refractivity contribution is 6.23. The van der Waals surface area contributed by atoms with Gasteiger partial charge >= 0.3 is 0 Å². The lowest BCUT2D eigenvalue weighted by Crippen LogP contribution is -2.33. The minimum atomic E-state index is -0.207. The van der Waals surface area contributed by atoms with Gasteiger partial charge in [0.15, 0.2) is 0 Å². The van der Waals surface area contributed by atoms with Gasteiger partial charge in [0, 0.05) is 0 Å². The van der Waals surface area contributed by atoms with Gasteiger partial charge in [0.05, 0.1) is 35.5 Å². The number of allylic oxidation sites excluding steroid dienone is 2. The summed E-state index contributed by atoms with van der Waals surface area (Å²) in [7, 11) is 0.